The van der Waals surface area contributed by atoms with E-state index in [4.69, 9.17) is 5.11 Å². The van der Waals surface area contributed by atoms with Crippen LogP contribution in [0.1, 0.15) is 187 Å². The van der Waals surface area contributed by atoms with Crippen molar-refractivity contribution in [2.75, 3.05) is 20.6 Å². The third kappa shape index (κ3) is 40.6. The first-order valence-electron chi connectivity index (χ1n) is 16.4. The van der Waals surface area contributed by atoms with Crippen molar-refractivity contribution in [2.24, 2.45) is 0 Å². The highest BCUT2D eigenvalue weighted by Crippen LogP contribution is 2.14. The Morgan fingerprint density at radius 1 is 0.444 bits per heavy atom. The largest absolute Gasteiger partial charge is 0.481 e. The molecule has 0 aliphatic carbocycles. The minimum absolute atomic E-state index is 0.345. The molecule has 218 valence electrons. The highest BCUT2D eigenvalue weighted by molar-refractivity contribution is 5.66. The smallest absolute Gasteiger partial charge is 0.303 e. The van der Waals surface area contributed by atoms with E-state index >= 15 is 0 Å². The topological polar surface area (TPSA) is 40.5 Å². The van der Waals surface area contributed by atoms with Gasteiger partial charge in [-0.1, -0.05) is 168 Å². The Morgan fingerprint density at radius 3 is 0.944 bits per heavy atom. The number of carboxylic acid groups (broad SMARTS) is 1. The van der Waals surface area contributed by atoms with Crippen LogP contribution in [0.5, 0.6) is 0 Å². The van der Waals surface area contributed by atoms with Crippen LogP contribution in [-0.2, 0) is 4.79 Å². The molecule has 0 unspecified atom stereocenters. The van der Waals surface area contributed by atoms with Crippen molar-refractivity contribution in [3.8, 4) is 0 Å². The van der Waals surface area contributed by atoms with Gasteiger partial charge < -0.3 is 10.0 Å². The quantitative estimate of drug-likeness (QED) is 0.106. The molecule has 0 aromatic heterocycles. The van der Waals surface area contributed by atoms with Crippen LogP contribution >= 0.6 is 0 Å². The van der Waals surface area contributed by atoms with Gasteiger partial charge in [-0.15, -0.1) is 0 Å². The van der Waals surface area contributed by atoms with Crippen molar-refractivity contribution in [1.29, 1.82) is 0 Å². The Hall–Kier alpha value is -0.570. The normalized spacial score (nSPS) is 11.0. The Kier molecular flexibility index (Phi) is 35.9. The Bertz CT molecular complexity index is 397. The second kappa shape index (κ2) is 34.4. The average Bonchev–Trinajstić information content (AvgIpc) is 2.85. The molecule has 0 rings (SSSR count). The summed E-state index contributed by atoms with van der Waals surface area (Å²) in [6.07, 6.45) is 36.0. The van der Waals surface area contributed by atoms with Crippen molar-refractivity contribution in [3.63, 3.8) is 0 Å². The van der Waals surface area contributed by atoms with Gasteiger partial charge in [0.25, 0.3) is 0 Å². The fraction of sp³-hybridized carbons (Fsp3) is 0.970. The monoisotopic (exact) mass is 512 g/mol. The van der Waals surface area contributed by atoms with Gasteiger partial charge in [0, 0.05) is 6.42 Å². The molecule has 0 heterocycles. The molecule has 0 fully saturated rings. The summed E-state index contributed by atoms with van der Waals surface area (Å²) < 4.78 is 0. The molecular formula is C33H69NO2. The third-order valence-corrected chi connectivity index (χ3v) is 7.20. The number of carboxylic acids is 1. The molecule has 0 bridgehead atoms. The summed E-state index contributed by atoms with van der Waals surface area (Å²) in [5.74, 6) is -0.653. The first-order valence-corrected chi connectivity index (χ1v) is 16.4. The fourth-order valence-corrected chi connectivity index (χ4v) is 4.74. The maximum atomic E-state index is 10.3. The van der Waals surface area contributed by atoms with Gasteiger partial charge in [0.2, 0.25) is 0 Å². The van der Waals surface area contributed by atoms with Gasteiger partial charge in [-0.3, -0.25) is 4.79 Å². The molecule has 0 radical (unpaired) electrons. The van der Waals surface area contributed by atoms with E-state index in [9.17, 15) is 4.79 Å². The number of rotatable bonds is 28. The summed E-state index contributed by atoms with van der Waals surface area (Å²) in [5.41, 5.74) is 0. The zero-order valence-electron chi connectivity index (χ0n) is 25.6. The molecule has 0 aliphatic heterocycles. The molecule has 0 aromatic rings. The number of aliphatic carboxylic acids is 1. The highest BCUT2D eigenvalue weighted by atomic mass is 16.4. The summed E-state index contributed by atoms with van der Waals surface area (Å²) in [6.45, 7) is 5.82. The average molecular weight is 512 g/mol. The zero-order valence-corrected chi connectivity index (χ0v) is 25.6. The Morgan fingerprint density at radius 2 is 0.694 bits per heavy atom. The number of nitrogens with zero attached hydrogens (tertiary/aromatic N) is 1. The molecule has 3 heteroatoms. The first-order chi connectivity index (χ1) is 17.5. The summed E-state index contributed by atoms with van der Waals surface area (Å²) in [6, 6.07) is 0. The molecule has 0 amide bonds. The van der Waals surface area contributed by atoms with Crippen LogP contribution in [0, 0.1) is 0 Å². The van der Waals surface area contributed by atoms with E-state index in [1.807, 2.05) is 0 Å². The number of carbonyl (C=O) groups is 1. The van der Waals surface area contributed by atoms with Gasteiger partial charge in [-0.05, 0) is 33.5 Å². The van der Waals surface area contributed by atoms with E-state index in [0.717, 1.165) is 12.8 Å². The fourth-order valence-electron chi connectivity index (χ4n) is 4.74. The van der Waals surface area contributed by atoms with Crippen LogP contribution in [0.25, 0.3) is 0 Å². The minimum atomic E-state index is -0.653. The summed E-state index contributed by atoms with van der Waals surface area (Å²) in [7, 11) is 4.33. The molecule has 36 heavy (non-hydrogen) atoms. The Balaban J connectivity index is 0. The van der Waals surface area contributed by atoms with Crippen molar-refractivity contribution < 1.29 is 9.90 Å². The van der Waals surface area contributed by atoms with Gasteiger partial charge in [0.1, 0.15) is 0 Å². The van der Waals surface area contributed by atoms with Gasteiger partial charge in [0.05, 0.1) is 0 Å². The Labute approximate surface area is 228 Å². The van der Waals surface area contributed by atoms with Gasteiger partial charge in [0.15, 0.2) is 0 Å². The maximum absolute atomic E-state index is 10.3. The maximum Gasteiger partial charge on any atom is 0.303 e. The van der Waals surface area contributed by atoms with Crippen LogP contribution in [-0.4, -0.2) is 36.6 Å². The van der Waals surface area contributed by atoms with E-state index in [-0.39, 0.29) is 0 Å². The minimum Gasteiger partial charge on any atom is -0.481 e. The van der Waals surface area contributed by atoms with E-state index in [2.05, 4.69) is 32.8 Å². The standard InChI is InChI=1S/C18H36O2.C15H33N/c1-2-3-4-5-6-7-8-9-10-11-12-13-14-15-16-17-18(19)20;1-4-5-6-7-8-9-10-11-12-13-14-15-16(2)3/h2-17H2,1H3,(H,19,20);4-15H2,1-3H3. The highest BCUT2D eigenvalue weighted by Gasteiger charge is 1.97. The van der Waals surface area contributed by atoms with Crippen LogP contribution in [0.2, 0.25) is 0 Å². The molecule has 0 saturated carbocycles. The van der Waals surface area contributed by atoms with Crippen molar-refractivity contribution in [3.05, 3.63) is 0 Å². The second-order valence-electron chi connectivity index (χ2n) is 11.4. The van der Waals surface area contributed by atoms with E-state index < -0.39 is 5.97 Å². The number of hydrogen-bond donors (Lipinski definition) is 1. The molecule has 0 aliphatic rings. The lowest BCUT2D eigenvalue weighted by atomic mass is 10.0. The lowest BCUT2D eigenvalue weighted by molar-refractivity contribution is -0.137. The van der Waals surface area contributed by atoms with E-state index in [1.54, 1.807) is 0 Å². The summed E-state index contributed by atoms with van der Waals surface area (Å²) in [5, 5.41) is 8.52. The molecule has 0 spiro atoms. The van der Waals surface area contributed by atoms with Gasteiger partial charge in [-0.25, -0.2) is 0 Å². The van der Waals surface area contributed by atoms with Gasteiger partial charge in [-0.2, -0.15) is 0 Å². The van der Waals surface area contributed by atoms with Crippen LogP contribution in [0.4, 0.5) is 0 Å². The first kappa shape index (κ1) is 37.6. The SMILES string of the molecule is CCCCCCCCCCCCCCCCCC(=O)O.CCCCCCCCCCCCCN(C)C. The molecule has 3 nitrogen and oxygen atoms in total. The van der Waals surface area contributed by atoms with Crippen LogP contribution < -0.4 is 0 Å². The van der Waals surface area contributed by atoms with Crippen LogP contribution in [0.3, 0.4) is 0 Å². The van der Waals surface area contributed by atoms with Gasteiger partial charge >= 0.3 is 5.97 Å². The predicted molar refractivity (Wildman–Crippen MR) is 162 cm³/mol. The number of unbranched alkanes of at least 4 members (excludes halogenated alkanes) is 24. The van der Waals surface area contributed by atoms with Crippen molar-refractivity contribution in [2.45, 2.75) is 187 Å². The van der Waals surface area contributed by atoms with E-state index in [1.165, 1.54) is 161 Å². The van der Waals surface area contributed by atoms with Crippen molar-refractivity contribution in [1.82, 2.24) is 4.90 Å². The zero-order chi connectivity index (χ0) is 27.0. The lowest BCUT2D eigenvalue weighted by Gasteiger charge is -2.08. The third-order valence-electron chi connectivity index (χ3n) is 7.20. The number of hydrogen-bond acceptors (Lipinski definition) is 2. The van der Waals surface area contributed by atoms with E-state index in [0.29, 0.717) is 6.42 Å². The second-order valence-corrected chi connectivity index (χ2v) is 11.4. The summed E-state index contributed by atoms with van der Waals surface area (Å²) >= 11 is 0. The molecule has 0 aromatic carbocycles. The molecule has 1 N–H and O–H groups in total. The molecule has 0 saturated heterocycles. The lowest BCUT2D eigenvalue weighted by Crippen LogP contribution is -2.12. The molecular weight excluding hydrogens is 442 g/mol. The molecule has 0 atom stereocenters. The van der Waals surface area contributed by atoms with Crippen molar-refractivity contribution >= 4 is 5.97 Å². The predicted octanol–water partition coefficient (Wildman–Crippen LogP) is 11.2. The summed E-state index contributed by atoms with van der Waals surface area (Å²) in [4.78, 5) is 12.6. The van der Waals surface area contributed by atoms with Crippen LogP contribution in [0.15, 0.2) is 0 Å².